The number of carbonyl (C=O) groups excluding carboxylic acids is 3. The Morgan fingerprint density at radius 3 is 2.23 bits per heavy atom. The molecule has 0 aliphatic rings. The van der Waals surface area contributed by atoms with Crippen molar-refractivity contribution >= 4 is 51.6 Å². The maximum absolute atomic E-state index is 13.4. The first-order chi connectivity index (χ1) is 19.0. The van der Waals surface area contributed by atoms with Gasteiger partial charge < -0.3 is 20.5 Å². The molecule has 3 aromatic carbocycles. The lowest BCUT2D eigenvalue weighted by molar-refractivity contribution is -0.124. The number of hydrogen-bond donors (Lipinski definition) is 3. The molecule has 7 nitrogen and oxygen atoms in total. The summed E-state index contributed by atoms with van der Waals surface area (Å²) in [5, 5.41) is 8.76. The van der Waals surface area contributed by atoms with Crippen molar-refractivity contribution in [2.75, 3.05) is 10.6 Å². The molecule has 3 N–H and O–H groups in total. The number of rotatable bonds is 9. The Kier molecular flexibility index (Phi) is 8.79. The Morgan fingerprint density at radius 1 is 0.875 bits per heavy atom. The first-order valence-corrected chi connectivity index (χ1v) is 12.8. The molecule has 0 fully saturated rings. The highest BCUT2D eigenvalue weighted by atomic mass is 35.5. The number of alkyl halides is 2. The highest BCUT2D eigenvalue weighted by Crippen LogP contribution is 2.27. The van der Waals surface area contributed by atoms with Crippen molar-refractivity contribution in [1.82, 2.24) is 9.88 Å². The van der Waals surface area contributed by atoms with Gasteiger partial charge >= 0.3 is 0 Å². The summed E-state index contributed by atoms with van der Waals surface area (Å²) in [6.07, 6.45) is -2.73. The zero-order valence-corrected chi connectivity index (χ0v) is 22.4. The van der Waals surface area contributed by atoms with Gasteiger partial charge in [-0.05, 0) is 66.2 Å². The Morgan fingerprint density at radius 2 is 1.55 bits per heavy atom. The molecule has 0 unspecified atom stereocenters. The Hall–Kier alpha value is -4.31. The summed E-state index contributed by atoms with van der Waals surface area (Å²) in [7, 11) is 0. The molecule has 1 aromatic heterocycles. The minimum absolute atomic E-state index is 0.0257. The average Bonchev–Trinajstić information content (AvgIpc) is 3.26. The van der Waals surface area contributed by atoms with Crippen molar-refractivity contribution in [3.63, 3.8) is 0 Å². The van der Waals surface area contributed by atoms with Gasteiger partial charge in [-0.1, -0.05) is 31.5 Å². The van der Waals surface area contributed by atoms with E-state index in [2.05, 4.69) is 16.0 Å². The third kappa shape index (κ3) is 6.81. The Balaban J connectivity index is 1.57. The van der Waals surface area contributed by atoms with Crippen LogP contribution in [0.15, 0.2) is 66.7 Å². The highest BCUT2D eigenvalue weighted by molar-refractivity contribution is 6.34. The summed E-state index contributed by atoms with van der Waals surface area (Å²) in [6, 6.07) is 16.0. The van der Waals surface area contributed by atoms with Gasteiger partial charge in [0.15, 0.2) is 0 Å². The minimum atomic E-state index is -2.73. The van der Waals surface area contributed by atoms with Gasteiger partial charge in [-0.3, -0.25) is 14.4 Å². The number of nitrogens with zero attached hydrogens (tertiary/aromatic N) is 1. The van der Waals surface area contributed by atoms with Crippen molar-refractivity contribution in [2.45, 2.75) is 33.4 Å². The fraction of sp³-hybridized carbons (Fsp3) is 0.207. The Bertz CT molecular complexity index is 1570. The molecule has 0 aliphatic carbocycles. The van der Waals surface area contributed by atoms with Gasteiger partial charge in [-0.2, -0.15) is 0 Å². The lowest BCUT2D eigenvalue weighted by Crippen LogP contribution is -2.27. The summed E-state index contributed by atoms with van der Waals surface area (Å²) < 4.78 is 41.2. The van der Waals surface area contributed by atoms with Crippen LogP contribution in [-0.4, -0.2) is 28.7 Å². The number of halogens is 4. The molecule has 0 spiro atoms. The number of nitrogens with one attached hydrogen (secondary N) is 3. The third-order valence-electron chi connectivity index (χ3n) is 6.08. The van der Waals surface area contributed by atoms with Gasteiger partial charge in [0.25, 0.3) is 18.2 Å². The van der Waals surface area contributed by atoms with E-state index in [4.69, 9.17) is 11.6 Å². The number of aromatic nitrogens is 1. The predicted molar refractivity (Wildman–Crippen MR) is 148 cm³/mol. The van der Waals surface area contributed by atoms with E-state index in [-0.39, 0.29) is 34.6 Å². The van der Waals surface area contributed by atoms with Crippen LogP contribution < -0.4 is 16.0 Å². The van der Waals surface area contributed by atoms with Gasteiger partial charge in [0.1, 0.15) is 11.5 Å². The lowest BCUT2D eigenvalue weighted by atomic mass is 10.1. The third-order valence-corrected chi connectivity index (χ3v) is 6.41. The molecule has 0 aliphatic heterocycles. The average molecular weight is 571 g/mol. The number of amides is 3. The maximum atomic E-state index is 13.4. The molecule has 3 amide bonds. The zero-order valence-electron chi connectivity index (χ0n) is 21.6. The van der Waals surface area contributed by atoms with E-state index < -0.39 is 30.6 Å². The fourth-order valence-corrected chi connectivity index (χ4v) is 4.25. The summed E-state index contributed by atoms with van der Waals surface area (Å²) in [5.41, 5.74) is 1.86. The highest BCUT2D eigenvalue weighted by Gasteiger charge is 2.20. The molecule has 0 atom stereocenters. The maximum Gasteiger partial charge on any atom is 0.272 e. The quantitative estimate of drug-likeness (QED) is 0.215. The molecule has 0 saturated heterocycles. The van der Waals surface area contributed by atoms with E-state index in [1.54, 1.807) is 38.1 Å². The van der Waals surface area contributed by atoms with Crippen molar-refractivity contribution in [1.29, 1.82) is 0 Å². The van der Waals surface area contributed by atoms with Crippen molar-refractivity contribution in [3.05, 3.63) is 94.4 Å². The van der Waals surface area contributed by atoms with E-state index in [9.17, 15) is 27.6 Å². The molecular weight excluding hydrogens is 545 g/mol. The summed E-state index contributed by atoms with van der Waals surface area (Å²) in [4.78, 5) is 37.9. The molecule has 11 heteroatoms. The second-order valence-electron chi connectivity index (χ2n) is 9.41. The minimum Gasteiger partial charge on any atom is -0.352 e. The number of carbonyl (C=O) groups is 3. The molecular formula is C29H26ClF3N4O3. The number of anilines is 2. The number of benzene rings is 3. The van der Waals surface area contributed by atoms with Crippen LogP contribution in [0.4, 0.5) is 24.5 Å². The van der Waals surface area contributed by atoms with E-state index in [0.29, 0.717) is 27.8 Å². The second-order valence-corrected chi connectivity index (χ2v) is 9.81. The zero-order chi connectivity index (χ0) is 29.0. The predicted octanol–water partition coefficient (Wildman–Crippen LogP) is 6.48. The van der Waals surface area contributed by atoms with Crippen LogP contribution >= 0.6 is 11.6 Å². The molecule has 208 valence electrons. The first-order valence-electron chi connectivity index (χ1n) is 12.4. The van der Waals surface area contributed by atoms with E-state index >= 15 is 0 Å². The number of fused-ring (bicyclic) bond motifs is 1. The van der Waals surface area contributed by atoms with Gasteiger partial charge in [0.05, 0.1) is 17.1 Å². The smallest absolute Gasteiger partial charge is 0.272 e. The Labute approximate surface area is 233 Å². The standard InChI is InChI=1S/C29H26ClF3N4O3/c1-16(2)27(38)34-14-17-3-9-23(30)22(11-17)28(39)36-21-8-10-24-18(12-21)13-25(37(24)15-26(32)33)29(40)35-20-6-4-19(31)5-7-20/h3-13,16,26H,14-15H2,1-2H3,(H,34,38)(H,35,40)(H,36,39). The molecule has 4 aromatic rings. The van der Waals surface area contributed by atoms with Crippen LogP contribution in [-0.2, 0) is 17.9 Å². The molecule has 4 rings (SSSR count). The van der Waals surface area contributed by atoms with Crippen LogP contribution in [0.2, 0.25) is 5.02 Å². The molecule has 40 heavy (non-hydrogen) atoms. The van der Waals surface area contributed by atoms with Crippen molar-refractivity contribution in [2.24, 2.45) is 5.92 Å². The summed E-state index contributed by atoms with van der Waals surface area (Å²) in [6.45, 7) is 3.04. The fourth-order valence-electron chi connectivity index (χ4n) is 4.05. The lowest BCUT2D eigenvalue weighted by Gasteiger charge is -2.12. The molecule has 1 heterocycles. The summed E-state index contributed by atoms with van der Waals surface area (Å²) in [5.74, 6) is -1.95. The molecule has 0 bridgehead atoms. The van der Waals surface area contributed by atoms with Crippen molar-refractivity contribution < 1.29 is 27.6 Å². The van der Waals surface area contributed by atoms with E-state index in [0.717, 1.165) is 0 Å². The SMILES string of the molecule is CC(C)C(=O)NCc1ccc(Cl)c(C(=O)Nc2ccc3c(c2)cc(C(=O)Nc2ccc(F)cc2)n3CC(F)F)c1. The van der Waals surface area contributed by atoms with E-state index in [1.165, 1.54) is 47.0 Å². The van der Waals surface area contributed by atoms with Gasteiger partial charge in [0.2, 0.25) is 5.91 Å². The van der Waals surface area contributed by atoms with Gasteiger partial charge in [0, 0.05) is 34.7 Å². The summed E-state index contributed by atoms with van der Waals surface area (Å²) >= 11 is 6.26. The van der Waals surface area contributed by atoms with Crippen molar-refractivity contribution in [3.8, 4) is 0 Å². The van der Waals surface area contributed by atoms with Crippen LogP contribution in [0.25, 0.3) is 10.9 Å². The number of hydrogen-bond acceptors (Lipinski definition) is 3. The van der Waals surface area contributed by atoms with Crippen LogP contribution in [0.3, 0.4) is 0 Å². The topological polar surface area (TPSA) is 92.2 Å². The first kappa shape index (κ1) is 28.7. The van der Waals surface area contributed by atoms with E-state index in [1.807, 2.05) is 0 Å². The monoisotopic (exact) mass is 570 g/mol. The normalized spacial score (nSPS) is 11.2. The molecule has 0 radical (unpaired) electrons. The van der Waals surface area contributed by atoms with Crippen LogP contribution in [0.5, 0.6) is 0 Å². The largest absolute Gasteiger partial charge is 0.352 e. The van der Waals surface area contributed by atoms with Gasteiger partial charge in [-0.15, -0.1) is 0 Å². The van der Waals surface area contributed by atoms with Crippen LogP contribution in [0.1, 0.15) is 40.3 Å². The second kappa shape index (κ2) is 12.3. The van der Waals surface area contributed by atoms with Crippen LogP contribution in [0, 0.1) is 11.7 Å². The van der Waals surface area contributed by atoms with Gasteiger partial charge in [-0.25, -0.2) is 13.2 Å². The molecule has 0 saturated carbocycles.